The van der Waals surface area contributed by atoms with E-state index in [4.69, 9.17) is 9.57 Å². The molecule has 0 aliphatic carbocycles. The van der Waals surface area contributed by atoms with Crippen LogP contribution >= 0.6 is 0 Å². The van der Waals surface area contributed by atoms with Gasteiger partial charge in [-0.3, -0.25) is 4.79 Å². The fourth-order valence-corrected chi connectivity index (χ4v) is 3.63. The van der Waals surface area contributed by atoms with Crippen molar-refractivity contribution >= 4 is 5.91 Å². The highest BCUT2D eigenvalue weighted by Crippen LogP contribution is 2.17. The summed E-state index contributed by atoms with van der Waals surface area (Å²) in [5.74, 6) is -0.293. The highest BCUT2D eigenvalue weighted by molar-refractivity contribution is 5.95. The van der Waals surface area contributed by atoms with Gasteiger partial charge in [0.25, 0.3) is 5.91 Å². The van der Waals surface area contributed by atoms with E-state index in [0.29, 0.717) is 18.6 Å². The van der Waals surface area contributed by atoms with Gasteiger partial charge in [-0.25, -0.2) is 10.3 Å². The molecular weight excluding hydrogens is 366 g/mol. The molecule has 0 spiro atoms. The van der Waals surface area contributed by atoms with E-state index in [-0.39, 0.29) is 18.8 Å². The molecule has 1 fully saturated rings. The summed E-state index contributed by atoms with van der Waals surface area (Å²) >= 11 is 0. The van der Waals surface area contributed by atoms with Crippen LogP contribution < -0.4 is 5.48 Å². The van der Waals surface area contributed by atoms with Crippen LogP contribution in [-0.2, 0) is 28.8 Å². The van der Waals surface area contributed by atoms with Gasteiger partial charge >= 0.3 is 0 Å². The number of benzene rings is 2. The average molecular weight is 398 g/mol. The van der Waals surface area contributed by atoms with Crippen molar-refractivity contribution in [2.45, 2.75) is 57.7 Å². The predicted octanol–water partition coefficient (Wildman–Crippen LogP) is 3.97. The molecule has 0 aromatic heterocycles. The van der Waals surface area contributed by atoms with Crippen molar-refractivity contribution in [2.75, 3.05) is 13.2 Å². The zero-order chi connectivity index (χ0) is 20.3. The second-order valence-corrected chi connectivity index (χ2v) is 7.50. The molecule has 5 nitrogen and oxygen atoms in total. The van der Waals surface area contributed by atoms with Crippen LogP contribution in [0.2, 0.25) is 0 Å². The topological polar surface area (TPSA) is 67.8 Å². The molecule has 1 aliphatic heterocycles. The number of unbranched alkanes of at least 4 members (excludes halogenated alkanes) is 1. The fraction of sp³-hybridized carbons (Fsp3) is 0.458. The molecule has 0 radical (unpaired) electrons. The molecular formula is C24H31NO4. The number of ether oxygens (including phenoxy) is 1. The predicted molar refractivity (Wildman–Crippen MR) is 112 cm³/mol. The number of hydrogen-bond acceptors (Lipinski definition) is 4. The van der Waals surface area contributed by atoms with E-state index >= 15 is 0 Å². The Bertz CT molecular complexity index is 757. The number of hydrogen-bond donors (Lipinski definition) is 2. The molecule has 156 valence electrons. The zero-order valence-corrected chi connectivity index (χ0v) is 16.9. The fourth-order valence-electron chi connectivity index (χ4n) is 3.63. The average Bonchev–Trinajstić information content (AvgIpc) is 2.77. The van der Waals surface area contributed by atoms with Gasteiger partial charge in [-0.05, 0) is 67.7 Å². The Morgan fingerprint density at radius 3 is 2.55 bits per heavy atom. The summed E-state index contributed by atoms with van der Waals surface area (Å²) in [5, 5.41) is 9.41. The second kappa shape index (κ2) is 11.7. The van der Waals surface area contributed by atoms with Gasteiger partial charge < -0.3 is 9.84 Å². The number of carbonyl (C=O) groups is 1. The van der Waals surface area contributed by atoms with Crippen LogP contribution in [0.1, 0.15) is 59.2 Å². The van der Waals surface area contributed by atoms with E-state index in [1.807, 2.05) is 24.3 Å². The Balaban J connectivity index is 1.52. The Morgan fingerprint density at radius 2 is 1.83 bits per heavy atom. The monoisotopic (exact) mass is 397 g/mol. The van der Waals surface area contributed by atoms with Crippen LogP contribution in [0.3, 0.4) is 0 Å². The minimum absolute atomic E-state index is 0.00430. The Morgan fingerprint density at radius 1 is 1.03 bits per heavy atom. The first-order valence-corrected chi connectivity index (χ1v) is 10.6. The zero-order valence-electron chi connectivity index (χ0n) is 16.9. The van der Waals surface area contributed by atoms with Gasteiger partial charge in [0.15, 0.2) is 6.29 Å². The summed E-state index contributed by atoms with van der Waals surface area (Å²) < 4.78 is 5.47. The second-order valence-electron chi connectivity index (χ2n) is 7.50. The molecule has 2 aromatic rings. The Labute approximate surface area is 173 Å². The van der Waals surface area contributed by atoms with Crippen molar-refractivity contribution in [1.29, 1.82) is 0 Å². The van der Waals surface area contributed by atoms with Crippen molar-refractivity contribution in [3.05, 3.63) is 70.8 Å². The van der Waals surface area contributed by atoms with E-state index in [9.17, 15) is 9.90 Å². The van der Waals surface area contributed by atoms with Crippen LogP contribution in [0, 0.1) is 0 Å². The largest absolute Gasteiger partial charge is 0.396 e. The molecule has 3 rings (SSSR count). The molecule has 1 saturated heterocycles. The lowest BCUT2D eigenvalue weighted by molar-refractivity contribution is -0.186. The highest BCUT2D eigenvalue weighted by Gasteiger charge is 2.18. The summed E-state index contributed by atoms with van der Waals surface area (Å²) in [4.78, 5) is 17.9. The molecule has 0 bridgehead atoms. The standard InChI is InChI=1S/C24H31NO4/c26-16-15-21-18-20(11-5-4-10-19-8-2-1-3-9-19)13-14-22(21)24(27)25-29-23-12-6-7-17-28-23/h1-3,8-9,13-14,18,23,26H,4-7,10-12,15-17H2,(H,25,27). The SMILES string of the molecule is O=C(NOC1CCCCO1)c1ccc(CCCCc2ccccc2)cc1CCO. The van der Waals surface area contributed by atoms with Crippen molar-refractivity contribution < 1.29 is 19.5 Å². The molecule has 29 heavy (non-hydrogen) atoms. The number of rotatable bonds is 10. The van der Waals surface area contributed by atoms with Crippen LogP contribution in [0.25, 0.3) is 0 Å². The van der Waals surface area contributed by atoms with Crippen molar-refractivity contribution in [2.24, 2.45) is 0 Å². The minimum Gasteiger partial charge on any atom is -0.396 e. The minimum atomic E-state index is -0.377. The smallest absolute Gasteiger partial charge is 0.275 e. The number of carbonyl (C=O) groups excluding carboxylic acids is 1. The molecule has 2 N–H and O–H groups in total. The maximum absolute atomic E-state index is 12.5. The molecule has 2 aromatic carbocycles. The van der Waals surface area contributed by atoms with E-state index in [1.165, 1.54) is 11.1 Å². The van der Waals surface area contributed by atoms with Crippen molar-refractivity contribution in [3.8, 4) is 0 Å². The number of aliphatic hydroxyl groups is 1. The third kappa shape index (κ3) is 6.96. The Hall–Kier alpha value is -2.21. The van der Waals surface area contributed by atoms with Crippen LogP contribution in [0.5, 0.6) is 0 Å². The van der Waals surface area contributed by atoms with Gasteiger partial charge in [-0.2, -0.15) is 0 Å². The van der Waals surface area contributed by atoms with Gasteiger partial charge in [0.1, 0.15) is 0 Å². The van der Waals surface area contributed by atoms with E-state index in [2.05, 4.69) is 29.7 Å². The molecule has 0 saturated carbocycles. The first-order valence-electron chi connectivity index (χ1n) is 10.6. The number of aryl methyl sites for hydroxylation is 2. The maximum Gasteiger partial charge on any atom is 0.275 e. The van der Waals surface area contributed by atoms with E-state index < -0.39 is 0 Å². The van der Waals surface area contributed by atoms with Crippen LogP contribution in [0.15, 0.2) is 48.5 Å². The first kappa shape index (κ1) is 21.5. The molecule has 1 aliphatic rings. The first-order chi connectivity index (χ1) is 14.3. The lowest BCUT2D eigenvalue weighted by Gasteiger charge is -2.22. The van der Waals surface area contributed by atoms with Gasteiger partial charge in [0, 0.05) is 25.2 Å². The summed E-state index contributed by atoms with van der Waals surface area (Å²) in [6.07, 6.45) is 7.16. The van der Waals surface area contributed by atoms with Crippen molar-refractivity contribution in [3.63, 3.8) is 0 Å². The number of nitrogens with one attached hydrogen (secondary N) is 1. The third-order valence-electron chi connectivity index (χ3n) is 5.24. The van der Waals surface area contributed by atoms with E-state index in [1.54, 1.807) is 0 Å². The molecule has 1 unspecified atom stereocenters. The highest BCUT2D eigenvalue weighted by atomic mass is 16.8. The summed E-state index contributed by atoms with van der Waals surface area (Å²) in [7, 11) is 0. The lowest BCUT2D eigenvalue weighted by Crippen LogP contribution is -2.33. The summed E-state index contributed by atoms with van der Waals surface area (Å²) in [6, 6.07) is 16.4. The lowest BCUT2D eigenvalue weighted by atomic mass is 9.97. The van der Waals surface area contributed by atoms with Gasteiger partial charge in [0.05, 0.1) is 0 Å². The van der Waals surface area contributed by atoms with Gasteiger partial charge in [0.2, 0.25) is 0 Å². The van der Waals surface area contributed by atoms with Crippen LogP contribution in [-0.4, -0.2) is 30.5 Å². The van der Waals surface area contributed by atoms with E-state index in [0.717, 1.165) is 50.5 Å². The van der Waals surface area contributed by atoms with Gasteiger partial charge in [-0.15, -0.1) is 0 Å². The number of amides is 1. The maximum atomic E-state index is 12.5. The number of aliphatic hydroxyl groups excluding tert-OH is 1. The summed E-state index contributed by atoms with van der Waals surface area (Å²) in [5.41, 5.74) is 6.46. The normalized spacial score (nSPS) is 16.5. The quantitative estimate of drug-likeness (QED) is 0.470. The van der Waals surface area contributed by atoms with Crippen LogP contribution in [0.4, 0.5) is 0 Å². The third-order valence-corrected chi connectivity index (χ3v) is 5.24. The van der Waals surface area contributed by atoms with Crippen molar-refractivity contribution in [1.82, 2.24) is 5.48 Å². The molecule has 1 heterocycles. The molecule has 1 atom stereocenters. The molecule has 5 heteroatoms. The number of hydroxylamine groups is 1. The summed E-state index contributed by atoms with van der Waals surface area (Å²) in [6.45, 7) is 0.666. The van der Waals surface area contributed by atoms with Gasteiger partial charge in [-0.1, -0.05) is 42.5 Å². The molecule has 1 amide bonds. The Kier molecular flexibility index (Phi) is 8.68.